The third-order valence-corrected chi connectivity index (χ3v) is 5.08. The number of hydrogen-bond donors (Lipinski definition) is 0. The number of azo groups is 1. The Kier molecular flexibility index (Phi) is 4.92. The zero-order valence-electron chi connectivity index (χ0n) is 14.2. The Hall–Kier alpha value is -2.69. The van der Waals surface area contributed by atoms with Gasteiger partial charge in [0.15, 0.2) is 0 Å². The largest absolute Gasteiger partial charge is 0.302 e. The zero-order valence-corrected chi connectivity index (χ0v) is 15.7. The van der Waals surface area contributed by atoms with Crippen LogP contribution >= 0.6 is 23.2 Å². The van der Waals surface area contributed by atoms with E-state index in [1.54, 1.807) is 17.0 Å². The summed E-state index contributed by atoms with van der Waals surface area (Å²) in [7, 11) is 0. The Morgan fingerprint density at radius 2 is 1.37 bits per heavy atom. The molecule has 0 saturated carbocycles. The second kappa shape index (κ2) is 7.51. The smallest absolute Gasteiger partial charge is 0.248 e. The highest BCUT2D eigenvalue weighted by Gasteiger charge is 2.47. The molecule has 0 aromatic heterocycles. The van der Waals surface area contributed by atoms with Crippen LogP contribution < -0.4 is 4.90 Å². The van der Waals surface area contributed by atoms with E-state index >= 15 is 0 Å². The van der Waals surface area contributed by atoms with Crippen molar-refractivity contribution in [1.82, 2.24) is 0 Å². The van der Waals surface area contributed by atoms with Crippen LogP contribution in [0.1, 0.15) is 11.6 Å². The molecule has 0 bridgehead atoms. The molecule has 1 amide bonds. The van der Waals surface area contributed by atoms with Crippen LogP contribution in [-0.2, 0) is 4.79 Å². The van der Waals surface area contributed by atoms with Crippen molar-refractivity contribution in [2.24, 2.45) is 10.2 Å². The number of anilines is 1. The van der Waals surface area contributed by atoms with Crippen molar-refractivity contribution < 1.29 is 4.79 Å². The van der Waals surface area contributed by atoms with Gasteiger partial charge in [-0.1, -0.05) is 41.9 Å². The Morgan fingerprint density at radius 1 is 0.778 bits per heavy atom. The maximum absolute atomic E-state index is 12.3. The first-order valence-corrected chi connectivity index (χ1v) is 9.24. The normalized spacial score (nSPS) is 19.3. The first kappa shape index (κ1) is 17.7. The van der Waals surface area contributed by atoms with Gasteiger partial charge < -0.3 is 4.90 Å². The molecule has 2 atom stereocenters. The fraction of sp³-hybridized carbons (Fsp3) is 0.0952. The van der Waals surface area contributed by atoms with Gasteiger partial charge in [-0.3, -0.25) is 4.79 Å². The van der Waals surface area contributed by atoms with Gasteiger partial charge in [-0.2, -0.15) is 10.2 Å². The van der Waals surface area contributed by atoms with Gasteiger partial charge in [0.05, 0.1) is 17.4 Å². The van der Waals surface area contributed by atoms with E-state index in [0.29, 0.717) is 10.7 Å². The molecule has 0 N–H and O–H groups in total. The van der Waals surface area contributed by atoms with Crippen LogP contribution in [-0.4, -0.2) is 11.3 Å². The molecule has 0 radical (unpaired) electrons. The summed E-state index contributed by atoms with van der Waals surface area (Å²) in [5.41, 5.74) is 3.22. The number of rotatable bonds is 4. The zero-order chi connectivity index (χ0) is 18.8. The third kappa shape index (κ3) is 3.59. The summed E-state index contributed by atoms with van der Waals surface area (Å²) in [6, 6.07) is 24.0. The quantitative estimate of drug-likeness (QED) is 0.284. The van der Waals surface area contributed by atoms with Crippen LogP contribution in [0.5, 0.6) is 0 Å². The molecule has 1 heterocycles. The van der Waals surface area contributed by atoms with Gasteiger partial charge in [-0.25, -0.2) is 0 Å². The third-order valence-electron chi connectivity index (χ3n) is 4.41. The molecule has 4 rings (SSSR count). The van der Waals surface area contributed by atoms with Crippen LogP contribution in [0.3, 0.4) is 0 Å². The van der Waals surface area contributed by atoms with Crippen molar-refractivity contribution >= 4 is 46.2 Å². The standard InChI is InChI=1S/C21H15Cl2N3O/c22-15-8-6-14(7-9-15)20-19(23)21(27)26(20)18-12-10-17(11-13-18)25-24-16-4-2-1-3-5-16/h1-13,19-20H. The summed E-state index contributed by atoms with van der Waals surface area (Å²) < 4.78 is 0. The van der Waals surface area contributed by atoms with Gasteiger partial charge in [0.2, 0.25) is 5.91 Å². The number of amides is 1. The summed E-state index contributed by atoms with van der Waals surface area (Å²) in [6.07, 6.45) is 0. The van der Waals surface area contributed by atoms with Gasteiger partial charge in [0, 0.05) is 10.7 Å². The van der Waals surface area contributed by atoms with E-state index in [4.69, 9.17) is 23.2 Å². The highest BCUT2D eigenvalue weighted by Crippen LogP contribution is 2.42. The Labute approximate surface area is 167 Å². The second-order valence-corrected chi connectivity index (χ2v) is 7.06. The van der Waals surface area contributed by atoms with E-state index in [2.05, 4.69) is 10.2 Å². The average molecular weight is 396 g/mol. The van der Waals surface area contributed by atoms with E-state index in [9.17, 15) is 4.79 Å². The van der Waals surface area contributed by atoms with Crippen molar-refractivity contribution in [3.8, 4) is 0 Å². The van der Waals surface area contributed by atoms with E-state index in [1.807, 2.05) is 66.7 Å². The first-order chi connectivity index (χ1) is 13.1. The lowest BCUT2D eigenvalue weighted by Crippen LogP contribution is -2.56. The van der Waals surface area contributed by atoms with E-state index in [-0.39, 0.29) is 11.9 Å². The Bertz CT molecular complexity index is 973. The van der Waals surface area contributed by atoms with Crippen molar-refractivity contribution in [2.45, 2.75) is 11.4 Å². The molecular formula is C21H15Cl2N3O. The molecule has 134 valence electrons. The minimum absolute atomic E-state index is 0.115. The van der Waals surface area contributed by atoms with Crippen molar-refractivity contribution in [1.29, 1.82) is 0 Å². The molecule has 6 heteroatoms. The maximum Gasteiger partial charge on any atom is 0.248 e. The van der Waals surface area contributed by atoms with Crippen LogP contribution in [0.25, 0.3) is 0 Å². The van der Waals surface area contributed by atoms with Gasteiger partial charge in [-0.15, -0.1) is 11.6 Å². The molecule has 2 unspecified atom stereocenters. The van der Waals surface area contributed by atoms with Crippen molar-refractivity contribution in [3.63, 3.8) is 0 Å². The number of carbonyl (C=O) groups is 1. The molecular weight excluding hydrogens is 381 g/mol. The molecule has 1 aliphatic rings. The lowest BCUT2D eigenvalue weighted by molar-refractivity contribution is -0.123. The van der Waals surface area contributed by atoms with Crippen LogP contribution in [0.4, 0.5) is 17.1 Å². The van der Waals surface area contributed by atoms with E-state index < -0.39 is 5.38 Å². The Balaban J connectivity index is 1.54. The van der Waals surface area contributed by atoms with Crippen LogP contribution in [0, 0.1) is 0 Å². The molecule has 3 aromatic carbocycles. The monoisotopic (exact) mass is 395 g/mol. The molecule has 1 saturated heterocycles. The lowest BCUT2D eigenvalue weighted by atomic mass is 9.92. The number of β-lactam (4-membered cyclic amide) rings is 1. The van der Waals surface area contributed by atoms with Crippen molar-refractivity contribution in [3.05, 3.63) is 89.4 Å². The Morgan fingerprint density at radius 3 is 2.00 bits per heavy atom. The SMILES string of the molecule is O=C1C(Cl)C(c2ccc(Cl)cc2)N1c1ccc(N=Nc2ccccc2)cc1. The fourth-order valence-corrected chi connectivity index (χ4v) is 3.50. The number of hydrogen-bond acceptors (Lipinski definition) is 3. The summed E-state index contributed by atoms with van der Waals surface area (Å²) in [4.78, 5) is 14.0. The minimum Gasteiger partial charge on any atom is -0.302 e. The van der Waals surface area contributed by atoms with Gasteiger partial charge in [0.25, 0.3) is 0 Å². The predicted molar refractivity (Wildman–Crippen MR) is 108 cm³/mol. The minimum atomic E-state index is -0.580. The fourth-order valence-electron chi connectivity index (χ4n) is 3.01. The number of halogens is 2. The molecule has 0 spiro atoms. The van der Waals surface area contributed by atoms with E-state index in [0.717, 1.165) is 16.9 Å². The molecule has 27 heavy (non-hydrogen) atoms. The molecule has 4 nitrogen and oxygen atoms in total. The highest BCUT2D eigenvalue weighted by molar-refractivity contribution is 6.37. The highest BCUT2D eigenvalue weighted by atomic mass is 35.5. The number of alkyl halides is 1. The molecule has 3 aromatic rings. The molecule has 0 aliphatic carbocycles. The molecule has 1 aliphatic heterocycles. The van der Waals surface area contributed by atoms with Gasteiger partial charge in [-0.05, 0) is 54.1 Å². The maximum atomic E-state index is 12.3. The molecule has 1 fully saturated rings. The first-order valence-electron chi connectivity index (χ1n) is 8.43. The van der Waals surface area contributed by atoms with Gasteiger partial charge in [0.1, 0.15) is 5.38 Å². The predicted octanol–water partition coefficient (Wildman–Crippen LogP) is 6.45. The number of nitrogens with zero attached hydrogens (tertiary/aromatic N) is 3. The van der Waals surface area contributed by atoms with Gasteiger partial charge >= 0.3 is 0 Å². The summed E-state index contributed by atoms with van der Waals surface area (Å²) in [5, 5.41) is 8.48. The average Bonchev–Trinajstić information content (AvgIpc) is 2.72. The van der Waals surface area contributed by atoms with Crippen LogP contribution in [0.15, 0.2) is 89.1 Å². The van der Waals surface area contributed by atoms with Crippen molar-refractivity contribution in [2.75, 3.05) is 4.90 Å². The summed E-state index contributed by atoms with van der Waals surface area (Å²) >= 11 is 12.2. The second-order valence-electron chi connectivity index (χ2n) is 6.16. The number of carbonyl (C=O) groups excluding carboxylic acids is 1. The number of benzene rings is 3. The lowest BCUT2D eigenvalue weighted by Gasteiger charge is -2.44. The topological polar surface area (TPSA) is 45.0 Å². The summed E-state index contributed by atoms with van der Waals surface area (Å²) in [6.45, 7) is 0. The van der Waals surface area contributed by atoms with Crippen LogP contribution in [0.2, 0.25) is 5.02 Å². The summed E-state index contributed by atoms with van der Waals surface area (Å²) in [5.74, 6) is -0.115. The van der Waals surface area contributed by atoms with E-state index in [1.165, 1.54) is 0 Å².